The van der Waals surface area contributed by atoms with Crippen LogP contribution in [0.1, 0.15) is 51.6 Å². The van der Waals surface area contributed by atoms with Crippen LogP contribution in [0.2, 0.25) is 0 Å². The summed E-state index contributed by atoms with van der Waals surface area (Å²) < 4.78 is 40.7. The van der Waals surface area contributed by atoms with Gasteiger partial charge >= 0.3 is 5.97 Å². The van der Waals surface area contributed by atoms with E-state index in [1.54, 1.807) is 12.1 Å². The molecule has 7 nitrogen and oxygen atoms in total. The molecule has 0 aromatic heterocycles. The van der Waals surface area contributed by atoms with Crippen LogP contribution in [0.4, 0.5) is 8.78 Å². The zero-order valence-electron chi connectivity index (χ0n) is 16.6. The molecule has 162 valence electrons. The molecule has 0 spiro atoms. The second kappa shape index (κ2) is 7.98. The number of hydrogen-bond acceptors (Lipinski definition) is 5. The third-order valence-corrected chi connectivity index (χ3v) is 5.39. The Bertz CT molecular complexity index is 1050. The standard InChI is InChI=1S/C22H19F2NO6/c1-30-19-15(23)8-14(18(24)20(19)31-10-11-6-7-11)16(9-17(26)27)25-21(28)12-4-2-3-5-13(12)22(25)29/h2-5,8,11,16H,6-7,9-10H2,1H3,(H,26,27). The lowest BCUT2D eigenvalue weighted by molar-refractivity contribution is -0.138. The fraction of sp³-hybridized carbons (Fsp3) is 0.318. The van der Waals surface area contributed by atoms with Crippen LogP contribution < -0.4 is 9.47 Å². The SMILES string of the molecule is COc1c(F)cc(C(CC(=O)O)N2C(=O)c3ccccc3C2=O)c(F)c1OCC1CC1. The Morgan fingerprint density at radius 3 is 2.29 bits per heavy atom. The van der Waals surface area contributed by atoms with E-state index in [9.17, 15) is 23.9 Å². The molecule has 4 rings (SSSR count). The Labute approximate surface area is 176 Å². The van der Waals surface area contributed by atoms with Crippen molar-refractivity contribution in [1.82, 2.24) is 4.90 Å². The van der Waals surface area contributed by atoms with Crippen molar-refractivity contribution in [3.8, 4) is 11.5 Å². The van der Waals surface area contributed by atoms with Crippen molar-refractivity contribution in [3.05, 3.63) is 58.7 Å². The van der Waals surface area contributed by atoms with Crippen molar-refractivity contribution in [2.45, 2.75) is 25.3 Å². The third kappa shape index (κ3) is 3.71. The Morgan fingerprint density at radius 1 is 1.16 bits per heavy atom. The molecule has 2 amide bonds. The van der Waals surface area contributed by atoms with E-state index in [1.165, 1.54) is 12.1 Å². The van der Waals surface area contributed by atoms with Gasteiger partial charge in [-0.3, -0.25) is 19.3 Å². The summed E-state index contributed by atoms with van der Waals surface area (Å²) in [4.78, 5) is 37.9. The van der Waals surface area contributed by atoms with Gasteiger partial charge in [0.05, 0.1) is 37.3 Å². The van der Waals surface area contributed by atoms with E-state index in [1.807, 2.05) is 0 Å². The second-order valence-corrected chi connectivity index (χ2v) is 7.52. The molecule has 31 heavy (non-hydrogen) atoms. The maximum Gasteiger partial charge on any atom is 0.305 e. The Balaban J connectivity index is 1.81. The number of methoxy groups -OCH3 is 1. The van der Waals surface area contributed by atoms with Crippen LogP contribution in [0.3, 0.4) is 0 Å². The molecule has 1 saturated carbocycles. The summed E-state index contributed by atoms with van der Waals surface area (Å²) in [7, 11) is 1.15. The van der Waals surface area contributed by atoms with Crippen LogP contribution in [0.15, 0.2) is 30.3 Å². The zero-order chi connectivity index (χ0) is 22.3. The van der Waals surface area contributed by atoms with Gasteiger partial charge in [-0.1, -0.05) is 12.1 Å². The average Bonchev–Trinajstić information content (AvgIpc) is 3.53. The third-order valence-electron chi connectivity index (χ3n) is 5.39. The van der Waals surface area contributed by atoms with E-state index < -0.39 is 58.9 Å². The summed E-state index contributed by atoms with van der Waals surface area (Å²) in [5.74, 6) is -5.74. The zero-order valence-corrected chi connectivity index (χ0v) is 16.6. The molecule has 2 aliphatic rings. The highest BCUT2D eigenvalue weighted by Gasteiger charge is 2.43. The van der Waals surface area contributed by atoms with Gasteiger partial charge in [0, 0.05) is 5.56 Å². The Kier molecular flexibility index (Phi) is 5.34. The second-order valence-electron chi connectivity index (χ2n) is 7.52. The first kappa shape index (κ1) is 20.8. The monoisotopic (exact) mass is 431 g/mol. The van der Waals surface area contributed by atoms with Crippen molar-refractivity contribution in [3.63, 3.8) is 0 Å². The summed E-state index contributed by atoms with van der Waals surface area (Å²) in [5.41, 5.74) is -0.328. The van der Waals surface area contributed by atoms with Crippen LogP contribution in [-0.2, 0) is 4.79 Å². The van der Waals surface area contributed by atoms with Crippen molar-refractivity contribution in [1.29, 1.82) is 0 Å². The number of hydrogen-bond donors (Lipinski definition) is 1. The summed E-state index contributed by atoms with van der Waals surface area (Å²) in [6, 6.07) is 5.11. The van der Waals surface area contributed by atoms with Gasteiger partial charge in [0.25, 0.3) is 11.8 Å². The van der Waals surface area contributed by atoms with Crippen molar-refractivity contribution >= 4 is 17.8 Å². The molecule has 1 aliphatic carbocycles. The summed E-state index contributed by atoms with van der Waals surface area (Å²) in [6.45, 7) is 0.146. The van der Waals surface area contributed by atoms with E-state index in [0.29, 0.717) is 4.90 Å². The number of amides is 2. The van der Waals surface area contributed by atoms with Crippen LogP contribution in [0.25, 0.3) is 0 Å². The van der Waals surface area contributed by atoms with Crippen molar-refractivity contribution in [2.75, 3.05) is 13.7 Å². The van der Waals surface area contributed by atoms with Gasteiger partial charge in [0.15, 0.2) is 17.4 Å². The molecule has 0 saturated heterocycles. The number of benzene rings is 2. The predicted octanol–water partition coefficient (Wildman–Crippen LogP) is 3.57. The summed E-state index contributed by atoms with van der Waals surface area (Å²) >= 11 is 0. The van der Waals surface area contributed by atoms with Gasteiger partial charge in [0.2, 0.25) is 5.75 Å². The number of carbonyl (C=O) groups is 3. The van der Waals surface area contributed by atoms with E-state index in [0.717, 1.165) is 26.0 Å². The van der Waals surface area contributed by atoms with Crippen molar-refractivity contribution in [2.24, 2.45) is 5.92 Å². The van der Waals surface area contributed by atoms with E-state index in [2.05, 4.69) is 0 Å². The number of fused-ring (bicyclic) bond motifs is 1. The first-order valence-corrected chi connectivity index (χ1v) is 9.70. The number of carbonyl (C=O) groups excluding carboxylic acids is 2. The molecule has 2 aromatic rings. The smallest absolute Gasteiger partial charge is 0.305 e. The van der Waals surface area contributed by atoms with Crippen LogP contribution in [0.5, 0.6) is 11.5 Å². The predicted molar refractivity (Wildman–Crippen MR) is 103 cm³/mol. The summed E-state index contributed by atoms with van der Waals surface area (Å²) in [6.07, 6.45) is 1.00. The fourth-order valence-corrected chi connectivity index (χ4v) is 3.65. The molecule has 0 radical (unpaired) electrons. The molecule has 1 N–H and O–H groups in total. The topological polar surface area (TPSA) is 93.1 Å². The number of nitrogens with zero attached hydrogens (tertiary/aromatic N) is 1. The molecular weight excluding hydrogens is 412 g/mol. The molecule has 1 heterocycles. The first-order chi connectivity index (χ1) is 14.8. The van der Waals surface area contributed by atoms with Crippen LogP contribution >= 0.6 is 0 Å². The summed E-state index contributed by atoms with van der Waals surface area (Å²) in [5, 5.41) is 9.39. The number of carboxylic acids is 1. The minimum atomic E-state index is -1.58. The minimum absolute atomic E-state index is 0.0717. The normalized spacial score (nSPS) is 16.3. The maximum atomic E-state index is 15.5. The fourth-order valence-electron chi connectivity index (χ4n) is 3.65. The molecule has 9 heteroatoms. The number of ether oxygens (including phenoxy) is 2. The lowest BCUT2D eigenvalue weighted by atomic mass is 10.00. The molecule has 1 fully saturated rings. The Hall–Kier alpha value is -3.49. The van der Waals surface area contributed by atoms with E-state index >= 15 is 4.39 Å². The number of rotatable bonds is 8. The Morgan fingerprint density at radius 2 is 1.77 bits per heavy atom. The van der Waals surface area contributed by atoms with Gasteiger partial charge in [0.1, 0.15) is 0 Å². The minimum Gasteiger partial charge on any atom is -0.490 e. The van der Waals surface area contributed by atoms with E-state index in [4.69, 9.17) is 9.47 Å². The highest BCUT2D eigenvalue weighted by atomic mass is 19.1. The van der Waals surface area contributed by atoms with E-state index in [-0.39, 0.29) is 23.7 Å². The maximum absolute atomic E-state index is 15.5. The van der Waals surface area contributed by atoms with Crippen molar-refractivity contribution < 1.29 is 37.7 Å². The van der Waals surface area contributed by atoms with Crippen LogP contribution in [0, 0.1) is 17.6 Å². The quantitative estimate of drug-likeness (QED) is 0.643. The highest BCUT2D eigenvalue weighted by Crippen LogP contribution is 2.42. The lowest BCUT2D eigenvalue weighted by Gasteiger charge is -2.27. The van der Waals surface area contributed by atoms with Gasteiger partial charge in [-0.2, -0.15) is 0 Å². The van der Waals surface area contributed by atoms with Gasteiger partial charge in [-0.15, -0.1) is 0 Å². The number of halogens is 2. The van der Waals surface area contributed by atoms with Gasteiger partial charge < -0.3 is 14.6 Å². The number of carboxylic acid groups (broad SMARTS) is 1. The largest absolute Gasteiger partial charge is 0.490 e. The number of aliphatic carboxylic acids is 1. The molecule has 1 atom stereocenters. The van der Waals surface area contributed by atoms with Gasteiger partial charge in [-0.05, 0) is 37.0 Å². The molecule has 1 unspecified atom stereocenters. The van der Waals surface area contributed by atoms with Gasteiger partial charge in [-0.25, -0.2) is 8.78 Å². The van der Waals surface area contributed by atoms with Crippen LogP contribution in [-0.4, -0.2) is 41.5 Å². The molecule has 0 bridgehead atoms. The highest BCUT2D eigenvalue weighted by molar-refractivity contribution is 6.21. The molecular formula is C22H19F2NO6. The average molecular weight is 431 g/mol. The molecule has 1 aliphatic heterocycles. The lowest BCUT2D eigenvalue weighted by Crippen LogP contribution is -2.36. The number of imide groups is 1. The molecule has 2 aromatic carbocycles. The first-order valence-electron chi connectivity index (χ1n) is 9.70.